The van der Waals surface area contributed by atoms with Crippen LogP contribution in [0.1, 0.15) is 6.42 Å². The number of nitrogens with one attached hydrogen (secondary N) is 1. The fraction of sp³-hybridized carbons (Fsp3) is 0.562. The summed E-state index contributed by atoms with van der Waals surface area (Å²) >= 11 is 6.03. The zero-order valence-corrected chi connectivity index (χ0v) is 15.0. The Kier molecular flexibility index (Phi) is 5.32. The maximum absolute atomic E-state index is 12.1. The number of anilines is 1. The molecule has 1 amide bonds. The van der Waals surface area contributed by atoms with Gasteiger partial charge < -0.3 is 10.2 Å². The number of piperazine rings is 1. The molecule has 1 aromatic rings. The highest BCUT2D eigenvalue weighted by Gasteiger charge is 2.29. The lowest BCUT2D eigenvalue weighted by molar-refractivity contribution is -0.122. The Balaban J connectivity index is 1.44. The topological polar surface area (TPSA) is 69.7 Å². The number of amides is 1. The summed E-state index contributed by atoms with van der Waals surface area (Å²) in [5.41, 5.74) is 1.10. The van der Waals surface area contributed by atoms with E-state index in [-0.39, 0.29) is 23.5 Å². The van der Waals surface area contributed by atoms with Crippen molar-refractivity contribution in [3.63, 3.8) is 0 Å². The molecular formula is C16H22ClN3O3S. The van der Waals surface area contributed by atoms with Crippen LogP contribution in [-0.2, 0) is 14.6 Å². The normalized spacial score (nSPS) is 24.0. The van der Waals surface area contributed by atoms with Crippen LogP contribution in [0.25, 0.3) is 0 Å². The lowest BCUT2D eigenvalue weighted by Crippen LogP contribution is -2.50. The molecule has 1 N–H and O–H groups in total. The van der Waals surface area contributed by atoms with Gasteiger partial charge in [-0.15, -0.1) is 0 Å². The number of sulfone groups is 1. The van der Waals surface area contributed by atoms with Crippen LogP contribution in [0.5, 0.6) is 0 Å². The van der Waals surface area contributed by atoms with E-state index >= 15 is 0 Å². The maximum atomic E-state index is 12.1. The van der Waals surface area contributed by atoms with Gasteiger partial charge in [-0.05, 0) is 24.6 Å². The van der Waals surface area contributed by atoms with E-state index in [0.717, 1.165) is 36.9 Å². The van der Waals surface area contributed by atoms with E-state index in [0.29, 0.717) is 13.0 Å². The highest BCUT2D eigenvalue weighted by molar-refractivity contribution is 7.91. The number of benzene rings is 1. The van der Waals surface area contributed by atoms with Gasteiger partial charge in [-0.25, -0.2) is 8.42 Å². The summed E-state index contributed by atoms with van der Waals surface area (Å²) in [4.78, 5) is 16.4. The van der Waals surface area contributed by atoms with Crippen LogP contribution >= 0.6 is 11.6 Å². The van der Waals surface area contributed by atoms with E-state index in [2.05, 4.69) is 15.1 Å². The molecule has 0 unspecified atom stereocenters. The van der Waals surface area contributed by atoms with Gasteiger partial charge in [0.2, 0.25) is 5.91 Å². The third-order valence-corrected chi connectivity index (χ3v) is 6.51. The maximum Gasteiger partial charge on any atom is 0.234 e. The molecule has 6 nitrogen and oxygen atoms in total. The van der Waals surface area contributed by atoms with Crippen LogP contribution in [0.2, 0.25) is 5.02 Å². The molecule has 3 rings (SSSR count). The zero-order valence-electron chi connectivity index (χ0n) is 13.4. The van der Waals surface area contributed by atoms with Gasteiger partial charge in [0, 0.05) is 42.9 Å². The lowest BCUT2D eigenvalue weighted by Gasteiger charge is -2.35. The van der Waals surface area contributed by atoms with Crippen molar-refractivity contribution in [1.82, 2.24) is 10.2 Å². The lowest BCUT2D eigenvalue weighted by atomic mass is 10.2. The first kappa shape index (κ1) is 17.5. The Labute approximate surface area is 147 Å². The molecule has 0 radical (unpaired) electrons. The van der Waals surface area contributed by atoms with Crippen molar-refractivity contribution in [3.8, 4) is 0 Å². The van der Waals surface area contributed by atoms with E-state index in [1.54, 1.807) is 0 Å². The number of rotatable bonds is 4. The van der Waals surface area contributed by atoms with E-state index in [1.807, 2.05) is 24.3 Å². The molecule has 2 aliphatic rings. The van der Waals surface area contributed by atoms with Gasteiger partial charge in [-0.2, -0.15) is 0 Å². The van der Waals surface area contributed by atoms with E-state index in [1.165, 1.54) is 0 Å². The first-order chi connectivity index (χ1) is 11.4. The molecule has 0 aromatic heterocycles. The molecule has 2 aliphatic heterocycles. The van der Waals surface area contributed by atoms with E-state index < -0.39 is 9.84 Å². The summed E-state index contributed by atoms with van der Waals surface area (Å²) in [5.74, 6) is 0.158. The number of carbonyl (C=O) groups excluding carboxylic acids is 1. The van der Waals surface area contributed by atoms with Crippen molar-refractivity contribution >= 4 is 33.0 Å². The standard InChI is InChI=1S/C16H22ClN3O3S/c17-13-2-1-3-15(10-13)20-7-5-19(6-8-20)11-16(21)18-14-4-9-24(22,23)12-14/h1-3,10,14H,4-9,11-12H2,(H,18,21)/t14-/m0/s1. The monoisotopic (exact) mass is 371 g/mol. The summed E-state index contributed by atoms with van der Waals surface area (Å²) in [6, 6.07) is 7.55. The van der Waals surface area contributed by atoms with Gasteiger partial charge in [0.25, 0.3) is 0 Å². The molecule has 0 aliphatic carbocycles. The summed E-state index contributed by atoms with van der Waals surface area (Å²) in [5, 5.41) is 3.56. The second kappa shape index (κ2) is 7.29. The van der Waals surface area contributed by atoms with Gasteiger partial charge in [0.05, 0.1) is 18.1 Å². The Bertz CT molecular complexity index is 702. The summed E-state index contributed by atoms with van der Waals surface area (Å²) in [7, 11) is -2.96. The quantitative estimate of drug-likeness (QED) is 0.846. The second-order valence-corrected chi connectivity index (χ2v) is 9.08. The van der Waals surface area contributed by atoms with Crippen molar-refractivity contribution in [2.75, 3.05) is 49.1 Å². The number of carbonyl (C=O) groups is 1. The molecule has 8 heteroatoms. The Morgan fingerprint density at radius 3 is 2.62 bits per heavy atom. The van der Waals surface area contributed by atoms with E-state index in [4.69, 9.17) is 11.6 Å². The predicted octanol–water partition coefficient (Wildman–Crippen LogP) is 0.765. The number of nitrogens with zero attached hydrogens (tertiary/aromatic N) is 2. The minimum absolute atomic E-state index is 0.0707. The summed E-state index contributed by atoms with van der Waals surface area (Å²) in [6.07, 6.45) is 0.524. The smallest absolute Gasteiger partial charge is 0.234 e. The molecule has 0 spiro atoms. The van der Waals surface area contributed by atoms with Gasteiger partial charge >= 0.3 is 0 Å². The molecule has 24 heavy (non-hydrogen) atoms. The third-order valence-electron chi connectivity index (χ3n) is 4.51. The van der Waals surface area contributed by atoms with Gasteiger partial charge in [0.15, 0.2) is 9.84 Å². The molecule has 0 bridgehead atoms. The third kappa shape index (κ3) is 4.62. The van der Waals surface area contributed by atoms with Gasteiger partial charge in [-0.1, -0.05) is 17.7 Å². The predicted molar refractivity (Wildman–Crippen MR) is 95.3 cm³/mol. The van der Waals surface area contributed by atoms with Crippen molar-refractivity contribution < 1.29 is 13.2 Å². The molecule has 2 saturated heterocycles. The largest absolute Gasteiger partial charge is 0.369 e. The fourth-order valence-corrected chi connectivity index (χ4v) is 5.08. The minimum atomic E-state index is -2.96. The first-order valence-electron chi connectivity index (χ1n) is 8.14. The molecule has 0 saturated carbocycles. The van der Waals surface area contributed by atoms with Crippen molar-refractivity contribution in [2.45, 2.75) is 12.5 Å². The SMILES string of the molecule is O=C(CN1CCN(c2cccc(Cl)c2)CC1)N[C@H]1CCS(=O)(=O)C1. The zero-order chi connectivity index (χ0) is 17.2. The molecule has 2 heterocycles. The van der Waals surface area contributed by atoms with Crippen LogP contribution in [0.15, 0.2) is 24.3 Å². The van der Waals surface area contributed by atoms with Crippen LogP contribution < -0.4 is 10.2 Å². The highest BCUT2D eigenvalue weighted by atomic mass is 35.5. The molecule has 132 valence electrons. The summed E-state index contributed by atoms with van der Waals surface area (Å²) < 4.78 is 22.9. The van der Waals surface area contributed by atoms with Crippen molar-refractivity contribution in [2.24, 2.45) is 0 Å². The molecule has 2 fully saturated rings. The number of hydrogen-bond donors (Lipinski definition) is 1. The van der Waals surface area contributed by atoms with Crippen LogP contribution in [0.3, 0.4) is 0 Å². The fourth-order valence-electron chi connectivity index (χ4n) is 3.22. The summed E-state index contributed by atoms with van der Waals surface area (Å²) in [6.45, 7) is 3.59. The van der Waals surface area contributed by atoms with Gasteiger partial charge in [-0.3, -0.25) is 9.69 Å². The average molecular weight is 372 g/mol. The van der Waals surface area contributed by atoms with Gasteiger partial charge in [0.1, 0.15) is 0 Å². The minimum Gasteiger partial charge on any atom is -0.369 e. The molecular weight excluding hydrogens is 350 g/mol. The molecule has 1 atom stereocenters. The number of hydrogen-bond acceptors (Lipinski definition) is 5. The van der Waals surface area contributed by atoms with Crippen molar-refractivity contribution in [1.29, 1.82) is 0 Å². The van der Waals surface area contributed by atoms with Crippen molar-refractivity contribution in [3.05, 3.63) is 29.3 Å². The van der Waals surface area contributed by atoms with Crippen LogP contribution in [0.4, 0.5) is 5.69 Å². The Morgan fingerprint density at radius 1 is 1.25 bits per heavy atom. The highest BCUT2D eigenvalue weighted by Crippen LogP contribution is 2.20. The Hall–Kier alpha value is -1.31. The van der Waals surface area contributed by atoms with E-state index in [9.17, 15) is 13.2 Å². The van der Waals surface area contributed by atoms with Crippen LogP contribution in [0, 0.1) is 0 Å². The average Bonchev–Trinajstić information content (AvgIpc) is 2.86. The molecule has 1 aromatic carbocycles. The Morgan fingerprint density at radius 2 is 2.00 bits per heavy atom. The van der Waals surface area contributed by atoms with Crippen LogP contribution in [-0.4, -0.2) is 69.5 Å². The first-order valence-corrected chi connectivity index (χ1v) is 10.3. The second-order valence-electron chi connectivity index (χ2n) is 6.41. The number of halogens is 1.